The highest BCUT2D eigenvalue weighted by molar-refractivity contribution is 5.69. The number of H-pyrrole nitrogens is 1. The average molecular weight is 385 g/mol. The molecule has 0 saturated carbocycles. The van der Waals surface area contributed by atoms with Gasteiger partial charge in [-0.2, -0.15) is 9.50 Å². The summed E-state index contributed by atoms with van der Waals surface area (Å²) in [5, 5.41) is 6.05. The SMILES string of the molecule is CCOC(=O)CCc1c(C)nc2nc(NCc3ccccc3OC)[nH]n2c1=O. The van der Waals surface area contributed by atoms with Crippen LogP contribution in [0.4, 0.5) is 5.95 Å². The molecule has 0 aliphatic carbocycles. The maximum absolute atomic E-state index is 12.8. The van der Waals surface area contributed by atoms with Crippen molar-refractivity contribution in [1.29, 1.82) is 0 Å². The third-order valence-corrected chi connectivity index (χ3v) is 4.32. The number of carbonyl (C=O) groups is 1. The molecule has 9 heteroatoms. The van der Waals surface area contributed by atoms with Crippen LogP contribution in [-0.2, 0) is 22.5 Å². The van der Waals surface area contributed by atoms with Crippen LogP contribution in [0, 0.1) is 6.92 Å². The molecule has 28 heavy (non-hydrogen) atoms. The fraction of sp³-hybridized carbons (Fsp3) is 0.368. The zero-order valence-electron chi connectivity index (χ0n) is 16.1. The highest BCUT2D eigenvalue weighted by Crippen LogP contribution is 2.18. The van der Waals surface area contributed by atoms with Gasteiger partial charge in [0.25, 0.3) is 11.3 Å². The zero-order valence-corrected chi connectivity index (χ0v) is 16.1. The summed E-state index contributed by atoms with van der Waals surface area (Å²) in [6, 6.07) is 7.63. The Morgan fingerprint density at radius 2 is 2.07 bits per heavy atom. The maximum Gasteiger partial charge on any atom is 0.306 e. The number of methoxy groups -OCH3 is 1. The molecule has 148 valence electrons. The summed E-state index contributed by atoms with van der Waals surface area (Å²) in [6.45, 7) is 4.26. The smallest absolute Gasteiger partial charge is 0.306 e. The van der Waals surface area contributed by atoms with Crippen LogP contribution in [0.25, 0.3) is 5.78 Å². The molecule has 0 saturated heterocycles. The Balaban J connectivity index is 1.80. The van der Waals surface area contributed by atoms with Gasteiger partial charge in [0.05, 0.1) is 19.4 Å². The van der Waals surface area contributed by atoms with E-state index in [0.717, 1.165) is 11.3 Å². The number of hydrogen-bond acceptors (Lipinski definition) is 7. The van der Waals surface area contributed by atoms with Crippen molar-refractivity contribution in [2.24, 2.45) is 0 Å². The fourth-order valence-corrected chi connectivity index (χ4v) is 2.91. The Labute approximate surface area is 161 Å². The van der Waals surface area contributed by atoms with Gasteiger partial charge in [0.2, 0.25) is 5.95 Å². The normalized spacial score (nSPS) is 10.8. The minimum Gasteiger partial charge on any atom is -0.496 e. The van der Waals surface area contributed by atoms with Crippen molar-refractivity contribution in [1.82, 2.24) is 19.6 Å². The van der Waals surface area contributed by atoms with E-state index >= 15 is 0 Å². The topological polar surface area (TPSA) is 111 Å². The van der Waals surface area contributed by atoms with Crippen LogP contribution in [0.15, 0.2) is 29.1 Å². The highest BCUT2D eigenvalue weighted by Gasteiger charge is 2.15. The molecule has 2 heterocycles. The quantitative estimate of drug-likeness (QED) is 0.569. The summed E-state index contributed by atoms with van der Waals surface area (Å²) >= 11 is 0. The minimum atomic E-state index is -0.338. The van der Waals surface area contributed by atoms with Gasteiger partial charge in [-0.1, -0.05) is 18.2 Å². The largest absolute Gasteiger partial charge is 0.496 e. The number of anilines is 1. The summed E-state index contributed by atoms with van der Waals surface area (Å²) in [4.78, 5) is 33.0. The molecule has 0 bridgehead atoms. The number of para-hydroxylation sites is 1. The van der Waals surface area contributed by atoms with E-state index in [2.05, 4.69) is 20.4 Å². The highest BCUT2D eigenvalue weighted by atomic mass is 16.5. The maximum atomic E-state index is 12.8. The molecule has 0 aliphatic rings. The van der Waals surface area contributed by atoms with E-state index < -0.39 is 0 Å². The average Bonchev–Trinajstić information content (AvgIpc) is 3.09. The Kier molecular flexibility index (Phi) is 5.93. The standard InChI is InChI=1S/C19H23N5O4/c1-4-28-16(25)10-9-14-12(2)21-19-22-18(23-24(19)17(14)26)20-11-13-7-5-6-8-15(13)27-3/h5-8H,4,9-11H2,1-3H3,(H2,20,21,22,23). The first-order valence-electron chi connectivity index (χ1n) is 9.03. The Bertz CT molecular complexity index is 1040. The van der Waals surface area contributed by atoms with Crippen LogP contribution in [0.3, 0.4) is 0 Å². The van der Waals surface area contributed by atoms with Crippen LogP contribution in [0.1, 0.15) is 30.2 Å². The van der Waals surface area contributed by atoms with E-state index in [9.17, 15) is 9.59 Å². The van der Waals surface area contributed by atoms with Gasteiger partial charge in [-0.05, 0) is 26.3 Å². The lowest BCUT2D eigenvalue weighted by Gasteiger charge is -2.08. The molecule has 3 rings (SSSR count). The summed E-state index contributed by atoms with van der Waals surface area (Å²) in [7, 11) is 1.62. The molecule has 2 N–H and O–H groups in total. The summed E-state index contributed by atoms with van der Waals surface area (Å²) in [5.41, 5.74) is 1.70. The molecule has 1 aromatic carbocycles. The lowest BCUT2D eigenvalue weighted by atomic mass is 10.1. The number of aryl methyl sites for hydroxylation is 1. The number of benzene rings is 1. The summed E-state index contributed by atoms with van der Waals surface area (Å²) in [6.07, 6.45) is 0.396. The van der Waals surface area contributed by atoms with Crippen LogP contribution < -0.4 is 15.6 Å². The number of nitrogens with zero attached hydrogens (tertiary/aromatic N) is 3. The molecule has 2 aromatic heterocycles. The number of aromatic amines is 1. The van der Waals surface area contributed by atoms with Crippen LogP contribution in [0.5, 0.6) is 5.75 Å². The van der Waals surface area contributed by atoms with Gasteiger partial charge in [0.15, 0.2) is 0 Å². The van der Waals surface area contributed by atoms with Crippen molar-refractivity contribution < 1.29 is 14.3 Å². The van der Waals surface area contributed by atoms with Gasteiger partial charge in [0.1, 0.15) is 5.75 Å². The van der Waals surface area contributed by atoms with E-state index in [0.29, 0.717) is 30.4 Å². The van der Waals surface area contributed by atoms with E-state index in [1.54, 1.807) is 21.0 Å². The van der Waals surface area contributed by atoms with E-state index in [4.69, 9.17) is 9.47 Å². The zero-order chi connectivity index (χ0) is 20.1. The first-order chi connectivity index (χ1) is 13.5. The third-order valence-electron chi connectivity index (χ3n) is 4.32. The summed E-state index contributed by atoms with van der Waals surface area (Å²) in [5.74, 6) is 1.11. The lowest BCUT2D eigenvalue weighted by Crippen LogP contribution is -2.23. The molecule has 9 nitrogen and oxygen atoms in total. The number of hydrogen-bond donors (Lipinski definition) is 2. The summed E-state index contributed by atoms with van der Waals surface area (Å²) < 4.78 is 11.5. The first-order valence-corrected chi connectivity index (χ1v) is 9.03. The number of esters is 1. The second kappa shape index (κ2) is 8.55. The van der Waals surface area contributed by atoms with Gasteiger partial charge in [-0.3, -0.25) is 14.7 Å². The second-order valence-corrected chi connectivity index (χ2v) is 6.16. The van der Waals surface area contributed by atoms with Gasteiger partial charge in [0, 0.05) is 24.1 Å². The number of nitrogens with one attached hydrogen (secondary N) is 2. The Morgan fingerprint density at radius 3 is 2.82 bits per heavy atom. The molecule has 0 atom stereocenters. The van der Waals surface area contributed by atoms with E-state index in [-0.39, 0.29) is 30.1 Å². The van der Waals surface area contributed by atoms with Crippen molar-refractivity contribution >= 4 is 17.7 Å². The molecule has 0 fully saturated rings. The van der Waals surface area contributed by atoms with Crippen molar-refractivity contribution in [2.75, 3.05) is 19.0 Å². The molecular weight excluding hydrogens is 362 g/mol. The van der Waals surface area contributed by atoms with Crippen LogP contribution in [0.2, 0.25) is 0 Å². The molecule has 0 unspecified atom stereocenters. The molecule has 3 aromatic rings. The minimum absolute atomic E-state index is 0.130. The molecule has 0 spiro atoms. The predicted octanol–water partition coefficient (Wildman–Crippen LogP) is 1.84. The fourth-order valence-electron chi connectivity index (χ4n) is 2.91. The Hall–Kier alpha value is -3.36. The monoisotopic (exact) mass is 385 g/mol. The molecule has 0 amide bonds. The van der Waals surface area contributed by atoms with Crippen molar-refractivity contribution in [3.05, 3.63) is 51.4 Å². The van der Waals surface area contributed by atoms with E-state index in [1.165, 1.54) is 4.52 Å². The number of ether oxygens (including phenoxy) is 2. The molecule has 0 aliphatic heterocycles. The lowest BCUT2D eigenvalue weighted by molar-refractivity contribution is -0.143. The van der Waals surface area contributed by atoms with E-state index in [1.807, 2.05) is 24.3 Å². The van der Waals surface area contributed by atoms with Crippen LogP contribution in [-0.4, -0.2) is 39.3 Å². The van der Waals surface area contributed by atoms with Crippen LogP contribution >= 0.6 is 0 Å². The van der Waals surface area contributed by atoms with Crippen molar-refractivity contribution in [3.8, 4) is 5.75 Å². The molecule has 0 radical (unpaired) electrons. The van der Waals surface area contributed by atoms with Gasteiger partial charge in [-0.25, -0.2) is 4.98 Å². The molecular formula is C19H23N5O4. The number of carbonyl (C=O) groups excluding carboxylic acids is 1. The van der Waals surface area contributed by atoms with Gasteiger partial charge >= 0.3 is 5.97 Å². The number of rotatable bonds is 8. The van der Waals surface area contributed by atoms with Crippen molar-refractivity contribution in [2.45, 2.75) is 33.2 Å². The third kappa shape index (κ3) is 4.13. The number of fused-ring (bicyclic) bond motifs is 1. The Morgan fingerprint density at radius 1 is 1.29 bits per heavy atom. The predicted molar refractivity (Wildman–Crippen MR) is 104 cm³/mol. The van der Waals surface area contributed by atoms with Crippen molar-refractivity contribution in [3.63, 3.8) is 0 Å². The second-order valence-electron chi connectivity index (χ2n) is 6.16. The first kappa shape index (κ1) is 19.4. The van der Waals surface area contributed by atoms with Gasteiger partial charge < -0.3 is 14.8 Å². The number of aromatic nitrogens is 4. The van der Waals surface area contributed by atoms with Gasteiger partial charge in [-0.15, -0.1) is 0 Å².